The van der Waals surface area contributed by atoms with E-state index in [0.29, 0.717) is 0 Å². The molecule has 0 spiro atoms. The van der Waals surface area contributed by atoms with E-state index in [9.17, 15) is 0 Å². The van der Waals surface area contributed by atoms with Gasteiger partial charge in [-0.05, 0) is 49.6 Å². The molecule has 3 aromatic rings. The van der Waals surface area contributed by atoms with Gasteiger partial charge in [-0.15, -0.1) is 0 Å². The zero-order chi connectivity index (χ0) is 15.7. The fourth-order valence-corrected chi connectivity index (χ4v) is 3.15. The predicted octanol–water partition coefficient (Wildman–Crippen LogP) is 4.77. The van der Waals surface area contributed by atoms with E-state index in [1.54, 1.807) is 0 Å². The molecule has 22 heavy (non-hydrogen) atoms. The third-order valence-corrected chi connectivity index (χ3v) is 4.21. The molecular formula is C21H22N+. The van der Waals surface area contributed by atoms with Gasteiger partial charge in [-0.3, -0.25) is 0 Å². The Kier molecular flexibility index (Phi) is 3.81. The highest BCUT2D eigenvalue weighted by molar-refractivity contribution is 5.81. The van der Waals surface area contributed by atoms with Crippen LogP contribution in [-0.2, 0) is 7.05 Å². The standard InChI is InChI=1S/C21H22N/c1-15-13-20(18-11-7-5-9-16(18)2)21(22(4)14-15)19-12-8-6-10-17(19)3/h5-14H,1-4H3/q+1. The van der Waals surface area contributed by atoms with Gasteiger partial charge in [0.25, 0.3) is 0 Å². The molecule has 0 fully saturated rings. The van der Waals surface area contributed by atoms with Crippen LogP contribution in [0, 0.1) is 20.8 Å². The van der Waals surface area contributed by atoms with Gasteiger partial charge < -0.3 is 0 Å². The first kappa shape index (κ1) is 14.5. The van der Waals surface area contributed by atoms with Crippen molar-refractivity contribution >= 4 is 0 Å². The van der Waals surface area contributed by atoms with Gasteiger partial charge in [0.1, 0.15) is 7.05 Å². The van der Waals surface area contributed by atoms with Gasteiger partial charge in [0.2, 0.25) is 5.69 Å². The monoisotopic (exact) mass is 288 g/mol. The van der Waals surface area contributed by atoms with E-state index in [0.717, 1.165) is 0 Å². The molecule has 0 saturated heterocycles. The molecule has 0 radical (unpaired) electrons. The average molecular weight is 288 g/mol. The summed E-state index contributed by atoms with van der Waals surface area (Å²) in [6, 6.07) is 19.5. The molecular weight excluding hydrogens is 266 g/mol. The van der Waals surface area contributed by atoms with Crippen LogP contribution in [0.25, 0.3) is 22.4 Å². The van der Waals surface area contributed by atoms with Crippen LogP contribution >= 0.6 is 0 Å². The predicted molar refractivity (Wildman–Crippen MR) is 92.7 cm³/mol. The van der Waals surface area contributed by atoms with Gasteiger partial charge in [0, 0.05) is 11.1 Å². The molecule has 0 N–H and O–H groups in total. The Hall–Kier alpha value is -2.41. The van der Waals surface area contributed by atoms with Crippen LogP contribution < -0.4 is 4.57 Å². The van der Waals surface area contributed by atoms with Crippen molar-refractivity contribution in [2.45, 2.75) is 20.8 Å². The van der Waals surface area contributed by atoms with E-state index in [-0.39, 0.29) is 0 Å². The second-order valence-electron chi connectivity index (χ2n) is 6.02. The molecule has 1 heterocycles. The van der Waals surface area contributed by atoms with E-state index in [1.165, 1.54) is 39.1 Å². The molecule has 0 aliphatic carbocycles. The quantitative estimate of drug-likeness (QED) is 0.598. The van der Waals surface area contributed by atoms with Gasteiger partial charge >= 0.3 is 0 Å². The van der Waals surface area contributed by atoms with E-state index >= 15 is 0 Å². The molecule has 0 bridgehead atoms. The third-order valence-electron chi connectivity index (χ3n) is 4.21. The van der Waals surface area contributed by atoms with Crippen LogP contribution in [0.5, 0.6) is 0 Å². The van der Waals surface area contributed by atoms with Gasteiger partial charge in [-0.2, -0.15) is 0 Å². The molecule has 3 rings (SSSR count). The minimum Gasteiger partial charge on any atom is -0.200 e. The Morgan fingerprint density at radius 3 is 1.82 bits per heavy atom. The summed E-state index contributed by atoms with van der Waals surface area (Å²) in [4.78, 5) is 0. The Balaban J connectivity index is 2.36. The van der Waals surface area contributed by atoms with Crippen molar-refractivity contribution in [3.05, 3.63) is 77.5 Å². The lowest BCUT2D eigenvalue weighted by Gasteiger charge is -2.12. The highest BCUT2D eigenvalue weighted by Gasteiger charge is 2.20. The summed E-state index contributed by atoms with van der Waals surface area (Å²) in [5.74, 6) is 0. The van der Waals surface area contributed by atoms with Crippen LogP contribution in [0.2, 0.25) is 0 Å². The van der Waals surface area contributed by atoms with Crippen molar-refractivity contribution in [3.63, 3.8) is 0 Å². The summed E-state index contributed by atoms with van der Waals surface area (Å²) in [6.07, 6.45) is 2.20. The van der Waals surface area contributed by atoms with Crippen molar-refractivity contribution in [1.29, 1.82) is 0 Å². The summed E-state index contributed by atoms with van der Waals surface area (Å²) in [5, 5.41) is 0. The average Bonchev–Trinajstić information content (AvgIpc) is 2.48. The van der Waals surface area contributed by atoms with Gasteiger partial charge in [0.05, 0.1) is 5.56 Å². The number of aryl methyl sites for hydroxylation is 4. The van der Waals surface area contributed by atoms with Crippen LogP contribution in [0.15, 0.2) is 60.8 Å². The zero-order valence-electron chi connectivity index (χ0n) is 13.7. The lowest BCUT2D eigenvalue weighted by atomic mass is 9.93. The second kappa shape index (κ2) is 5.76. The molecule has 2 aromatic carbocycles. The summed E-state index contributed by atoms with van der Waals surface area (Å²) in [6.45, 7) is 6.51. The molecule has 0 saturated carbocycles. The van der Waals surface area contributed by atoms with Gasteiger partial charge in [0.15, 0.2) is 6.20 Å². The number of aromatic nitrogens is 1. The van der Waals surface area contributed by atoms with Crippen LogP contribution in [0.4, 0.5) is 0 Å². The first-order valence-corrected chi connectivity index (χ1v) is 7.70. The van der Waals surface area contributed by atoms with Crippen molar-refractivity contribution in [1.82, 2.24) is 0 Å². The number of benzene rings is 2. The maximum atomic E-state index is 2.30. The van der Waals surface area contributed by atoms with Gasteiger partial charge in [-0.1, -0.05) is 42.5 Å². The summed E-state index contributed by atoms with van der Waals surface area (Å²) in [7, 11) is 2.14. The lowest BCUT2D eigenvalue weighted by Crippen LogP contribution is -2.32. The topological polar surface area (TPSA) is 3.88 Å². The largest absolute Gasteiger partial charge is 0.220 e. The summed E-state index contributed by atoms with van der Waals surface area (Å²) >= 11 is 0. The Morgan fingerprint density at radius 1 is 0.682 bits per heavy atom. The number of hydrogen-bond donors (Lipinski definition) is 0. The van der Waals surface area contributed by atoms with E-state index in [1.807, 2.05) is 0 Å². The van der Waals surface area contributed by atoms with Crippen molar-refractivity contribution in [2.24, 2.45) is 7.05 Å². The number of hydrogen-bond acceptors (Lipinski definition) is 0. The van der Waals surface area contributed by atoms with E-state index < -0.39 is 0 Å². The minimum absolute atomic E-state index is 1.28. The molecule has 1 heteroatoms. The van der Waals surface area contributed by atoms with Crippen molar-refractivity contribution in [2.75, 3.05) is 0 Å². The fourth-order valence-electron chi connectivity index (χ4n) is 3.15. The second-order valence-corrected chi connectivity index (χ2v) is 6.02. The Bertz CT molecular complexity index is 831. The van der Waals surface area contributed by atoms with Crippen molar-refractivity contribution in [3.8, 4) is 22.4 Å². The fraction of sp³-hybridized carbons (Fsp3) is 0.190. The molecule has 1 nitrogen and oxygen atoms in total. The first-order chi connectivity index (χ1) is 10.6. The first-order valence-electron chi connectivity index (χ1n) is 7.70. The molecule has 0 amide bonds. The van der Waals surface area contributed by atoms with Crippen molar-refractivity contribution < 1.29 is 4.57 Å². The highest BCUT2D eigenvalue weighted by Crippen LogP contribution is 2.33. The molecule has 0 aliphatic rings. The normalized spacial score (nSPS) is 10.7. The van der Waals surface area contributed by atoms with E-state index in [4.69, 9.17) is 0 Å². The Morgan fingerprint density at radius 2 is 1.23 bits per heavy atom. The number of nitrogens with zero attached hydrogens (tertiary/aromatic N) is 1. The maximum absolute atomic E-state index is 2.30. The highest BCUT2D eigenvalue weighted by atomic mass is 14.9. The van der Waals surface area contributed by atoms with Crippen LogP contribution in [0.3, 0.4) is 0 Å². The van der Waals surface area contributed by atoms with Crippen LogP contribution in [-0.4, -0.2) is 0 Å². The maximum Gasteiger partial charge on any atom is 0.220 e. The lowest BCUT2D eigenvalue weighted by molar-refractivity contribution is -0.660. The zero-order valence-corrected chi connectivity index (χ0v) is 13.7. The Labute approximate surface area is 132 Å². The third kappa shape index (κ3) is 2.55. The number of pyridine rings is 1. The van der Waals surface area contributed by atoms with Crippen LogP contribution in [0.1, 0.15) is 16.7 Å². The summed E-state index contributed by atoms with van der Waals surface area (Å²) in [5.41, 5.74) is 9.06. The molecule has 0 atom stereocenters. The molecule has 0 aliphatic heterocycles. The minimum atomic E-state index is 1.28. The smallest absolute Gasteiger partial charge is 0.200 e. The molecule has 1 aromatic heterocycles. The van der Waals surface area contributed by atoms with Gasteiger partial charge in [-0.25, -0.2) is 4.57 Å². The summed E-state index contributed by atoms with van der Waals surface area (Å²) < 4.78 is 2.25. The number of rotatable bonds is 2. The SMILES string of the molecule is Cc1cc(-c2ccccc2C)c(-c2ccccc2C)[n+](C)c1. The molecule has 110 valence electrons. The molecule has 0 unspecified atom stereocenters. The van der Waals surface area contributed by atoms with E-state index in [2.05, 4.69) is 93.2 Å².